The SMILES string of the molecule is CCNC(Cn1ccnc1)c1cccc(F)c1F. The summed E-state index contributed by atoms with van der Waals surface area (Å²) >= 11 is 0. The van der Waals surface area contributed by atoms with E-state index in [2.05, 4.69) is 10.3 Å². The lowest BCUT2D eigenvalue weighted by Gasteiger charge is -2.19. The van der Waals surface area contributed by atoms with Gasteiger partial charge in [0.1, 0.15) is 0 Å². The van der Waals surface area contributed by atoms with Crippen LogP contribution in [0, 0.1) is 11.6 Å². The van der Waals surface area contributed by atoms with Gasteiger partial charge in [-0.25, -0.2) is 13.8 Å². The molecule has 1 aromatic heterocycles. The van der Waals surface area contributed by atoms with Crippen molar-refractivity contribution in [3.63, 3.8) is 0 Å². The number of hydrogen-bond acceptors (Lipinski definition) is 2. The van der Waals surface area contributed by atoms with Crippen LogP contribution in [0.2, 0.25) is 0 Å². The van der Waals surface area contributed by atoms with Crippen molar-refractivity contribution in [2.45, 2.75) is 19.5 Å². The van der Waals surface area contributed by atoms with Gasteiger partial charge in [-0.15, -0.1) is 0 Å². The average Bonchev–Trinajstić information content (AvgIpc) is 2.85. The molecule has 0 radical (unpaired) electrons. The van der Waals surface area contributed by atoms with Crippen LogP contribution in [0.3, 0.4) is 0 Å². The zero-order valence-electron chi connectivity index (χ0n) is 10.1. The summed E-state index contributed by atoms with van der Waals surface area (Å²) in [5.74, 6) is -1.61. The summed E-state index contributed by atoms with van der Waals surface area (Å²) in [6, 6.07) is 3.97. The number of nitrogens with zero attached hydrogens (tertiary/aromatic N) is 2. The zero-order valence-corrected chi connectivity index (χ0v) is 10.1. The van der Waals surface area contributed by atoms with E-state index in [1.807, 2.05) is 11.5 Å². The first-order valence-corrected chi connectivity index (χ1v) is 5.85. The molecule has 0 bridgehead atoms. The molecule has 2 rings (SSSR count). The maximum Gasteiger partial charge on any atom is 0.163 e. The second-order valence-corrected chi connectivity index (χ2v) is 4.01. The first-order chi connectivity index (χ1) is 8.72. The predicted octanol–water partition coefficient (Wildman–Crippen LogP) is 2.51. The second-order valence-electron chi connectivity index (χ2n) is 4.01. The summed E-state index contributed by atoms with van der Waals surface area (Å²) < 4.78 is 28.8. The van der Waals surface area contributed by atoms with Gasteiger partial charge in [0.15, 0.2) is 11.6 Å². The number of likely N-dealkylation sites (N-methyl/N-ethyl adjacent to an activating group) is 1. The van der Waals surface area contributed by atoms with Crippen LogP contribution in [-0.4, -0.2) is 16.1 Å². The van der Waals surface area contributed by atoms with E-state index < -0.39 is 11.6 Å². The first kappa shape index (κ1) is 12.7. The topological polar surface area (TPSA) is 29.9 Å². The molecule has 0 fully saturated rings. The molecule has 0 saturated carbocycles. The van der Waals surface area contributed by atoms with Crippen molar-refractivity contribution in [1.82, 2.24) is 14.9 Å². The normalized spacial score (nSPS) is 12.6. The second kappa shape index (κ2) is 5.73. The highest BCUT2D eigenvalue weighted by Gasteiger charge is 2.17. The molecular formula is C13H15F2N3. The molecule has 0 aliphatic heterocycles. The summed E-state index contributed by atoms with van der Waals surface area (Å²) in [6.45, 7) is 3.11. The van der Waals surface area contributed by atoms with Crippen LogP contribution in [0.4, 0.5) is 8.78 Å². The third-order valence-electron chi connectivity index (χ3n) is 2.76. The van der Waals surface area contributed by atoms with E-state index in [4.69, 9.17) is 0 Å². The molecule has 1 N–H and O–H groups in total. The van der Waals surface area contributed by atoms with Crippen LogP contribution in [0.15, 0.2) is 36.9 Å². The van der Waals surface area contributed by atoms with E-state index in [1.165, 1.54) is 6.07 Å². The van der Waals surface area contributed by atoms with Crippen LogP contribution in [0.5, 0.6) is 0 Å². The van der Waals surface area contributed by atoms with Gasteiger partial charge in [-0.2, -0.15) is 0 Å². The number of nitrogens with one attached hydrogen (secondary N) is 1. The van der Waals surface area contributed by atoms with E-state index >= 15 is 0 Å². The first-order valence-electron chi connectivity index (χ1n) is 5.85. The Bertz CT molecular complexity index is 497. The molecule has 96 valence electrons. The van der Waals surface area contributed by atoms with Crippen molar-refractivity contribution < 1.29 is 8.78 Å². The fraction of sp³-hybridized carbons (Fsp3) is 0.308. The number of imidazole rings is 1. The standard InChI is InChI=1S/C13H15F2N3/c1-2-17-12(8-18-7-6-16-9-18)10-4-3-5-11(14)13(10)15/h3-7,9,12,17H,2,8H2,1H3. The maximum atomic E-state index is 13.8. The van der Waals surface area contributed by atoms with E-state index in [-0.39, 0.29) is 6.04 Å². The summed E-state index contributed by atoms with van der Waals surface area (Å²) in [5.41, 5.74) is 0.338. The molecule has 5 heteroatoms. The van der Waals surface area contributed by atoms with Gasteiger partial charge in [0.05, 0.1) is 12.4 Å². The Morgan fingerprint density at radius 1 is 1.39 bits per heavy atom. The van der Waals surface area contributed by atoms with Crippen molar-refractivity contribution in [1.29, 1.82) is 0 Å². The largest absolute Gasteiger partial charge is 0.336 e. The Hall–Kier alpha value is -1.75. The molecule has 0 aliphatic rings. The monoisotopic (exact) mass is 251 g/mol. The summed E-state index contributed by atoms with van der Waals surface area (Å²) in [4.78, 5) is 3.94. The van der Waals surface area contributed by atoms with Gasteiger partial charge >= 0.3 is 0 Å². The Morgan fingerprint density at radius 3 is 2.89 bits per heavy atom. The van der Waals surface area contributed by atoms with Crippen LogP contribution >= 0.6 is 0 Å². The van der Waals surface area contributed by atoms with Crippen molar-refractivity contribution in [2.75, 3.05) is 6.54 Å². The Labute approximate surface area is 104 Å². The molecule has 1 heterocycles. The van der Waals surface area contributed by atoms with E-state index in [9.17, 15) is 8.78 Å². The molecule has 18 heavy (non-hydrogen) atoms. The van der Waals surface area contributed by atoms with Crippen LogP contribution in [-0.2, 0) is 6.54 Å². The molecule has 3 nitrogen and oxygen atoms in total. The number of aromatic nitrogens is 2. The molecule has 1 unspecified atom stereocenters. The van der Waals surface area contributed by atoms with Gasteiger partial charge in [0.2, 0.25) is 0 Å². The van der Waals surface area contributed by atoms with Crippen LogP contribution in [0.1, 0.15) is 18.5 Å². The highest BCUT2D eigenvalue weighted by Crippen LogP contribution is 2.20. The lowest BCUT2D eigenvalue weighted by Crippen LogP contribution is -2.26. The number of benzene rings is 1. The van der Waals surface area contributed by atoms with E-state index in [0.29, 0.717) is 18.7 Å². The lowest BCUT2D eigenvalue weighted by atomic mass is 10.1. The van der Waals surface area contributed by atoms with Gasteiger partial charge in [-0.05, 0) is 12.6 Å². The molecule has 2 aromatic rings. The fourth-order valence-electron chi connectivity index (χ4n) is 1.91. The molecule has 0 spiro atoms. The average molecular weight is 251 g/mol. The molecule has 1 aromatic carbocycles. The minimum absolute atomic E-state index is 0.278. The third-order valence-corrected chi connectivity index (χ3v) is 2.76. The van der Waals surface area contributed by atoms with E-state index in [0.717, 1.165) is 6.07 Å². The van der Waals surface area contributed by atoms with Crippen molar-refractivity contribution >= 4 is 0 Å². The maximum absolute atomic E-state index is 13.8. The number of halogens is 2. The predicted molar refractivity (Wildman–Crippen MR) is 65.0 cm³/mol. The summed E-state index contributed by atoms with van der Waals surface area (Å²) in [7, 11) is 0. The Kier molecular flexibility index (Phi) is 4.04. The number of rotatable bonds is 5. The molecule has 1 atom stereocenters. The lowest BCUT2D eigenvalue weighted by molar-refractivity contribution is 0.433. The van der Waals surface area contributed by atoms with Gasteiger partial charge < -0.3 is 9.88 Å². The van der Waals surface area contributed by atoms with E-state index in [1.54, 1.807) is 24.8 Å². The van der Waals surface area contributed by atoms with Crippen molar-refractivity contribution in [3.8, 4) is 0 Å². The highest BCUT2D eigenvalue weighted by molar-refractivity contribution is 5.22. The molecular weight excluding hydrogens is 236 g/mol. The molecule has 0 amide bonds. The number of hydrogen-bond donors (Lipinski definition) is 1. The van der Waals surface area contributed by atoms with Crippen LogP contribution < -0.4 is 5.32 Å². The smallest absolute Gasteiger partial charge is 0.163 e. The van der Waals surface area contributed by atoms with Crippen molar-refractivity contribution in [3.05, 3.63) is 54.1 Å². The highest BCUT2D eigenvalue weighted by atomic mass is 19.2. The van der Waals surface area contributed by atoms with Crippen LogP contribution in [0.25, 0.3) is 0 Å². The molecule has 0 saturated heterocycles. The minimum atomic E-state index is -0.818. The van der Waals surface area contributed by atoms with Gasteiger partial charge in [0.25, 0.3) is 0 Å². The van der Waals surface area contributed by atoms with Crippen molar-refractivity contribution in [2.24, 2.45) is 0 Å². The Morgan fingerprint density at radius 2 is 2.22 bits per heavy atom. The Balaban J connectivity index is 2.26. The van der Waals surface area contributed by atoms with Gasteiger partial charge in [-0.3, -0.25) is 0 Å². The quantitative estimate of drug-likeness (QED) is 0.885. The zero-order chi connectivity index (χ0) is 13.0. The summed E-state index contributed by atoms with van der Waals surface area (Å²) in [5, 5.41) is 3.15. The minimum Gasteiger partial charge on any atom is -0.336 e. The van der Waals surface area contributed by atoms with Gasteiger partial charge in [-0.1, -0.05) is 19.1 Å². The fourth-order valence-corrected chi connectivity index (χ4v) is 1.91. The third kappa shape index (κ3) is 2.73. The molecule has 0 aliphatic carbocycles. The van der Waals surface area contributed by atoms with Gasteiger partial charge in [0, 0.05) is 24.5 Å². The summed E-state index contributed by atoms with van der Waals surface area (Å²) in [6.07, 6.45) is 5.11.